The van der Waals surface area contributed by atoms with Crippen LogP contribution >= 0.6 is 0 Å². The van der Waals surface area contributed by atoms with E-state index in [1.165, 1.54) is 0 Å². The zero-order valence-electron chi connectivity index (χ0n) is 15.7. The van der Waals surface area contributed by atoms with Gasteiger partial charge in [0.2, 0.25) is 5.91 Å². The van der Waals surface area contributed by atoms with Gasteiger partial charge in [-0.1, -0.05) is 30.4 Å². The molecule has 1 aromatic carbocycles. The first-order valence-corrected chi connectivity index (χ1v) is 9.33. The van der Waals surface area contributed by atoms with Crippen LogP contribution in [0.3, 0.4) is 0 Å². The number of amides is 1. The van der Waals surface area contributed by atoms with Crippen LogP contribution in [-0.2, 0) is 11.2 Å². The molecule has 4 N–H and O–H groups in total. The zero-order valence-corrected chi connectivity index (χ0v) is 15.7. The number of nitrogens with two attached hydrogens (primary N) is 1. The van der Waals surface area contributed by atoms with Gasteiger partial charge in [0.25, 0.3) is 0 Å². The van der Waals surface area contributed by atoms with E-state index in [0.29, 0.717) is 12.1 Å². The van der Waals surface area contributed by atoms with Crippen molar-refractivity contribution in [1.29, 1.82) is 0 Å². The van der Waals surface area contributed by atoms with Crippen molar-refractivity contribution in [2.24, 2.45) is 5.73 Å². The summed E-state index contributed by atoms with van der Waals surface area (Å²) in [6.07, 6.45) is 13.1. The van der Waals surface area contributed by atoms with Gasteiger partial charge in [0.1, 0.15) is 0 Å². The number of H-pyrrole nitrogens is 1. The smallest absolute Gasteiger partial charge is 0.241 e. The molecule has 0 aliphatic carbocycles. The van der Waals surface area contributed by atoms with Crippen LogP contribution in [0.5, 0.6) is 0 Å². The van der Waals surface area contributed by atoms with E-state index < -0.39 is 6.04 Å². The number of nitrogens with one attached hydrogen (secondary N) is 2. The highest BCUT2D eigenvalue weighted by atomic mass is 16.2. The third-order valence-corrected chi connectivity index (χ3v) is 4.65. The Morgan fingerprint density at radius 3 is 2.72 bits per heavy atom. The van der Waals surface area contributed by atoms with Crippen LogP contribution in [0.25, 0.3) is 23.1 Å². The predicted molar refractivity (Wildman–Crippen MR) is 116 cm³/mol. The van der Waals surface area contributed by atoms with Gasteiger partial charge in [0.05, 0.1) is 17.9 Å². The second kappa shape index (κ2) is 8.50. The minimum absolute atomic E-state index is 0.243. The van der Waals surface area contributed by atoms with E-state index in [4.69, 9.17) is 5.73 Å². The second-order valence-corrected chi connectivity index (χ2v) is 6.78. The molecule has 4 rings (SSSR count). The fourth-order valence-corrected chi connectivity index (χ4v) is 3.15. The monoisotopic (exact) mass is 383 g/mol. The summed E-state index contributed by atoms with van der Waals surface area (Å²) in [5.41, 5.74) is 10.7. The molecule has 6 nitrogen and oxygen atoms in total. The first kappa shape index (κ1) is 18.6. The molecule has 0 saturated carbocycles. The summed E-state index contributed by atoms with van der Waals surface area (Å²) in [5, 5.41) is 3.94. The number of benzene rings is 1. The first-order valence-electron chi connectivity index (χ1n) is 9.33. The lowest BCUT2D eigenvalue weighted by molar-refractivity contribution is -0.117. The van der Waals surface area contributed by atoms with Crippen LogP contribution in [-0.4, -0.2) is 26.9 Å². The average molecular weight is 383 g/mol. The quantitative estimate of drug-likeness (QED) is 0.474. The summed E-state index contributed by atoms with van der Waals surface area (Å²) in [6, 6.07) is 13.0. The zero-order chi connectivity index (χ0) is 20.1. The molecule has 4 aromatic rings. The fraction of sp³-hybridized carbons (Fsp3) is 0.0870. The van der Waals surface area contributed by atoms with E-state index in [1.54, 1.807) is 24.8 Å². The summed E-state index contributed by atoms with van der Waals surface area (Å²) in [4.78, 5) is 24.0. The standard InChI is InChI=1S/C23H21N5O/c24-21(12-18-14-27-22-4-2-1-3-20(18)22)23(29)28-19-11-17(13-26-15-19)6-5-16-7-9-25-10-8-16/h1-11,13-15,21,27H,12,24H2,(H,28,29)/t21-/m0/s1. The van der Waals surface area contributed by atoms with Gasteiger partial charge in [-0.3, -0.25) is 14.8 Å². The van der Waals surface area contributed by atoms with Gasteiger partial charge in [-0.2, -0.15) is 0 Å². The molecule has 1 atom stereocenters. The number of hydrogen-bond donors (Lipinski definition) is 3. The maximum atomic E-state index is 12.6. The normalized spacial score (nSPS) is 12.3. The van der Waals surface area contributed by atoms with Crippen LogP contribution in [0.15, 0.2) is 73.4 Å². The number of aromatic nitrogens is 3. The van der Waals surface area contributed by atoms with E-state index in [-0.39, 0.29) is 5.91 Å². The molecular weight excluding hydrogens is 362 g/mol. The highest BCUT2D eigenvalue weighted by molar-refractivity contribution is 5.95. The largest absolute Gasteiger partial charge is 0.361 e. The van der Waals surface area contributed by atoms with Gasteiger partial charge in [0, 0.05) is 35.7 Å². The fourth-order valence-electron chi connectivity index (χ4n) is 3.15. The number of carbonyl (C=O) groups excluding carboxylic acids is 1. The van der Waals surface area contributed by atoms with Crippen LogP contribution in [0.1, 0.15) is 16.7 Å². The molecule has 0 radical (unpaired) electrons. The van der Waals surface area contributed by atoms with Crippen molar-refractivity contribution >= 4 is 34.6 Å². The molecule has 0 aliphatic rings. The lowest BCUT2D eigenvalue weighted by Gasteiger charge is -2.12. The molecule has 0 saturated heterocycles. The minimum Gasteiger partial charge on any atom is -0.361 e. The maximum absolute atomic E-state index is 12.6. The van der Waals surface area contributed by atoms with Crippen LogP contribution < -0.4 is 11.1 Å². The highest BCUT2D eigenvalue weighted by Gasteiger charge is 2.16. The third kappa shape index (κ3) is 4.56. The number of hydrogen-bond acceptors (Lipinski definition) is 4. The van der Waals surface area contributed by atoms with Crippen LogP contribution in [0.2, 0.25) is 0 Å². The number of para-hydroxylation sites is 1. The lowest BCUT2D eigenvalue weighted by Crippen LogP contribution is -2.37. The van der Waals surface area contributed by atoms with Crippen LogP contribution in [0, 0.1) is 0 Å². The van der Waals surface area contributed by atoms with Gasteiger partial charge in [-0.05, 0) is 47.4 Å². The Morgan fingerprint density at radius 2 is 1.86 bits per heavy atom. The molecule has 6 heteroatoms. The summed E-state index contributed by atoms with van der Waals surface area (Å²) < 4.78 is 0. The van der Waals surface area contributed by atoms with Crippen molar-refractivity contribution in [3.8, 4) is 0 Å². The molecule has 144 valence electrons. The maximum Gasteiger partial charge on any atom is 0.241 e. The van der Waals surface area contributed by atoms with E-state index in [2.05, 4.69) is 20.3 Å². The number of pyridine rings is 2. The third-order valence-electron chi connectivity index (χ3n) is 4.65. The number of nitrogens with zero attached hydrogens (tertiary/aromatic N) is 2. The average Bonchev–Trinajstić information content (AvgIpc) is 3.16. The summed E-state index contributed by atoms with van der Waals surface area (Å²) >= 11 is 0. The number of fused-ring (bicyclic) bond motifs is 1. The summed E-state index contributed by atoms with van der Waals surface area (Å²) in [6.45, 7) is 0. The predicted octanol–water partition coefficient (Wildman–Crippen LogP) is 3.64. The molecule has 29 heavy (non-hydrogen) atoms. The van der Waals surface area contributed by atoms with E-state index in [9.17, 15) is 4.79 Å². The Morgan fingerprint density at radius 1 is 1.07 bits per heavy atom. The number of carbonyl (C=O) groups is 1. The molecule has 0 aliphatic heterocycles. The molecule has 0 spiro atoms. The summed E-state index contributed by atoms with van der Waals surface area (Å²) in [7, 11) is 0. The van der Waals surface area contributed by atoms with Gasteiger partial charge >= 0.3 is 0 Å². The van der Waals surface area contributed by atoms with Crippen molar-refractivity contribution in [3.63, 3.8) is 0 Å². The van der Waals surface area contributed by atoms with Gasteiger partial charge in [-0.15, -0.1) is 0 Å². The number of rotatable bonds is 6. The lowest BCUT2D eigenvalue weighted by atomic mass is 10.0. The molecule has 3 aromatic heterocycles. The van der Waals surface area contributed by atoms with Crippen molar-refractivity contribution < 1.29 is 4.79 Å². The topological polar surface area (TPSA) is 96.7 Å². The first-order chi connectivity index (χ1) is 14.2. The van der Waals surface area contributed by atoms with Crippen molar-refractivity contribution in [1.82, 2.24) is 15.0 Å². The SMILES string of the molecule is N[C@@H](Cc1c[nH]c2ccccc12)C(=O)Nc1cncc(C=Cc2ccncc2)c1. The number of aromatic amines is 1. The Labute approximate surface area is 168 Å². The summed E-state index contributed by atoms with van der Waals surface area (Å²) in [5.74, 6) is -0.243. The van der Waals surface area contributed by atoms with E-state index in [0.717, 1.165) is 27.6 Å². The Hall–Kier alpha value is -3.77. The molecule has 0 fully saturated rings. The van der Waals surface area contributed by atoms with Gasteiger partial charge < -0.3 is 16.0 Å². The minimum atomic E-state index is -0.662. The molecule has 1 amide bonds. The van der Waals surface area contributed by atoms with E-state index in [1.807, 2.05) is 60.8 Å². The van der Waals surface area contributed by atoms with Gasteiger partial charge in [0.15, 0.2) is 0 Å². The van der Waals surface area contributed by atoms with Gasteiger partial charge in [-0.25, -0.2) is 0 Å². The molecular formula is C23H21N5O. The Bertz CT molecular complexity index is 1150. The Balaban J connectivity index is 1.42. The Kier molecular flexibility index (Phi) is 5.45. The van der Waals surface area contributed by atoms with Crippen molar-refractivity contribution in [3.05, 3.63) is 90.1 Å². The molecule has 0 bridgehead atoms. The number of anilines is 1. The molecule has 3 heterocycles. The van der Waals surface area contributed by atoms with Crippen molar-refractivity contribution in [2.75, 3.05) is 5.32 Å². The van der Waals surface area contributed by atoms with Crippen molar-refractivity contribution in [2.45, 2.75) is 12.5 Å². The van der Waals surface area contributed by atoms with E-state index >= 15 is 0 Å². The molecule has 0 unspecified atom stereocenters. The van der Waals surface area contributed by atoms with Crippen LogP contribution in [0.4, 0.5) is 5.69 Å². The highest BCUT2D eigenvalue weighted by Crippen LogP contribution is 2.19. The second-order valence-electron chi connectivity index (χ2n) is 6.78.